The number of H-pyrrole nitrogens is 2. The van der Waals surface area contributed by atoms with Crippen molar-refractivity contribution in [1.82, 2.24) is 10.2 Å². The van der Waals surface area contributed by atoms with Gasteiger partial charge >= 0.3 is 0 Å². The number of nitrogens with one attached hydrogen (secondary N) is 2. The van der Waals surface area contributed by atoms with E-state index >= 15 is 0 Å². The maximum Gasteiger partial charge on any atom is 0.122 e. The molecule has 56 valence electrons. The van der Waals surface area contributed by atoms with Gasteiger partial charge in [0.05, 0.1) is 0 Å². The fourth-order valence-electron chi connectivity index (χ4n) is 1.34. The van der Waals surface area contributed by atoms with Gasteiger partial charge in [-0.05, 0) is 19.3 Å². The smallest absolute Gasteiger partial charge is 0.122 e. The molecule has 2 rings (SSSR count). The first-order valence-corrected chi connectivity index (χ1v) is 3.57. The fourth-order valence-corrected chi connectivity index (χ4v) is 1.62. The predicted molar refractivity (Wildman–Crippen MR) is 45.3 cm³/mol. The molecule has 0 atom stereocenters. The van der Waals surface area contributed by atoms with Gasteiger partial charge in [-0.3, -0.25) is 5.10 Å². The molecule has 0 aromatic carbocycles. The Morgan fingerprint density at radius 2 is 2.00 bits per heavy atom. The molecule has 0 saturated carbocycles. The zero-order chi connectivity index (χ0) is 6.27. The maximum atomic E-state index is 5.03. The van der Waals surface area contributed by atoms with E-state index in [-0.39, 0.29) is 12.4 Å². The molecule has 4 heteroatoms. The molecule has 0 spiro atoms. The first-order valence-electron chi connectivity index (χ1n) is 3.16. The van der Waals surface area contributed by atoms with Crippen molar-refractivity contribution >= 4 is 24.6 Å². The van der Waals surface area contributed by atoms with Gasteiger partial charge in [0.1, 0.15) is 4.64 Å². The second-order valence-corrected chi connectivity index (χ2v) is 2.80. The number of aromatic amines is 2. The van der Waals surface area contributed by atoms with Gasteiger partial charge in [0, 0.05) is 11.3 Å². The molecule has 1 aromatic rings. The van der Waals surface area contributed by atoms with Gasteiger partial charge in [0.25, 0.3) is 0 Å². The highest BCUT2D eigenvalue weighted by Crippen LogP contribution is 2.19. The van der Waals surface area contributed by atoms with Crippen LogP contribution in [0.4, 0.5) is 0 Å². The van der Waals surface area contributed by atoms with Gasteiger partial charge in [-0.15, -0.1) is 12.4 Å². The highest BCUT2D eigenvalue weighted by Gasteiger charge is 2.12. The third-order valence-corrected chi connectivity index (χ3v) is 2.17. The summed E-state index contributed by atoms with van der Waals surface area (Å²) in [5.41, 5.74) is 2.66. The Hall–Kier alpha value is -0.280. The Bertz CT molecular complexity index is 276. The largest absolute Gasteiger partial charge is 0.304 e. The second-order valence-electron chi connectivity index (χ2n) is 2.39. The molecule has 1 aromatic heterocycles. The minimum Gasteiger partial charge on any atom is -0.304 e. The van der Waals surface area contributed by atoms with Crippen molar-refractivity contribution < 1.29 is 0 Å². The Labute approximate surface area is 70.4 Å². The van der Waals surface area contributed by atoms with Gasteiger partial charge in [0.15, 0.2) is 0 Å². The molecule has 2 nitrogen and oxygen atoms in total. The molecule has 1 heterocycles. The van der Waals surface area contributed by atoms with Crippen LogP contribution >= 0.6 is 24.6 Å². The number of hydrogen-bond donors (Lipinski definition) is 2. The van der Waals surface area contributed by atoms with E-state index in [0.717, 1.165) is 11.1 Å². The average molecular weight is 177 g/mol. The SMILES string of the molecule is Cl.S=c1[nH][nH]c2c1CCC2. The summed E-state index contributed by atoms with van der Waals surface area (Å²) in [7, 11) is 0. The van der Waals surface area contributed by atoms with Crippen LogP contribution in [-0.4, -0.2) is 10.2 Å². The van der Waals surface area contributed by atoms with Gasteiger partial charge in [-0.25, -0.2) is 0 Å². The van der Waals surface area contributed by atoms with E-state index in [0.29, 0.717) is 0 Å². The highest BCUT2D eigenvalue weighted by molar-refractivity contribution is 7.71. The lowest BCUT2D eigenvalue weighted by atomic mass is 10.3. The predicted octanol–water partition coefficient (Wildman–Crippen LogP) is 1.98. The third-order valence-electron chi connectivity index (χ3n) is 1.82. The Morgan fingerprint density at radius 1 is 1.20 bits per heavy atom. The number of hydrogen-bond acceptors (Lipinski definition) is 1. The monoisotopic (exact) mass is 176 g/mol. The maximum absolute atomic E-state index is 5.03. The lowest BCUT2D eigenvalue weighted by Crippen LogP contribution is -1.76. The summed E-state index contributed by atoms with van der Waals surface area (Å²) in [5, 5.41) is 5.99. The number of aromatic nitrogens is 2. The first kappa shape index (κ1) is 7.82. The van der Waals surface area contributed by atoms with Crippen molar-refractivity contribution in [1.29, 1.82) is 0 Å². The van der Waals surface area contributed by atoms with Crippen LogP contribution in [0, 0.1) is 4.64 Å². The van der Waals surface area contributed by atoms with E-state index in [4.69, 9.17) is 12.2 Å². The molecule has 1 aliphatic rings. The normalized spacial score (nSPS) is 14.4. The third kappa shape index (κ3) is 0.995. The van der Waals surface area contributed by atoms with E-state index < -0.39 is 0 Å². The molecule has 0 amide bonds. The molecule has 2 N–H and O–H groups in total. The molecule has 1 aliphatic carbocycles. The molecular weight excluding hydrogens is 168 g/mol. The van der Waals surface area contributed by atoms with Crippen LogP contribution < -0.4 is 0 Å². The van der Waals surface area contributed by atoms with E-state index in [1.807, 2.05) is 0 Å². The van der Waals surface area contributed by atoms with Crippen molar-refractivity contribution in [2.24, 2.45) is 0 Å². The molecule has 0 unspecified atom stereocenters. The van der Waals surface area contributed by atoms with E-state index in [1.54, 1.807) is 0 Å². The molecule has 0 radical (unpaired) electrons. The van der Waals surface area contributed by atoms with E-state index in [1.165, 1.54) is 24.1 Å². The summed E-state index contributed by atoms with van der Waals surface area (Å²) in [6, 6.07) is 0. The summed E-state index contributed by atoms with van der Waals surface area (Å²) >= 11 is 5.03. The minimum absolute atomic E-state index is 0. The highest BCUT2D eigenvalue weighted by atomic mass is 35.5. The zero-order valence-electron chi connectivity index (χ0n) is 5.44. The van der Waals surface area contributed by atoms with E-state index in [2.05, 4.69) is 10.2 Å². The quantitative estimate of drug-likeness (QED) is 0.582. The molecule has 0 aliphatic heterocycles. The summed E-state index contributed by atoms with van der Waals surface area (Å²) in [4.78, 5) is 0. The molecule has 10 heavy (non-hydrogen) atoms. The summed E-state index contributed by atoms with van der Waals surface area (Å²) in [6.07, 6.45) is 3.59. The Morgan fingerprint density at radius 3 is 2.70 bits per heavy atom. The lowest BCUT2D eigenvalue weighted by Gasteiger charge is -1.79. The summed E-state index contributed by atoms with van der Waals surface area (Å²) < 4.78 is 0.905. The molecule has 0 fully saturated rings. The number of rotatable bonds is 0. The van der Waals surface area contributed by atoms with Gasteiger partial charge in [-0.2, -0.15) is 0 Å². The number of halogens is 1. The topological polar surface area (TPSA) is 31.6 Å². The van der Waals surface area contributed by atoms with Crippen LogP contribution in [-0.2, 0) is 12.8 Å². The minimum atomic E-state index is 0. The Kier molecular flexibility index (Phi) is 2.16. The van der Waals surface area contributed by atoms with Crippen LogP contribution in [0.2, 0.25) is 0 Å². The van der Waals surface area contributed by atoms with Crippen LogP contribution in [0.3, 0.4) is 0 Å². The molecule has 0 bridgehead atoms. The van der Waals surface area contributed by atoms with Gasteiger partial charge < -0.3 is 5.10 Å². The first-order chi connectivity index (χ1) is 4.38. The van der Waals surface area contributed by atoms with Crippen LogP contribution in [0.15, 0.2) is 0 Å². The molecule has 0 saturated heterocycles. The van der Waals surface area contributed by atoms with Gasteiger partial charge in [0.2, 0.25) is 0 Å². The average Bonchev–Trinajstić information content (AvgIpc) is 2.35. The van der Waals surface area contributed by atoms with Gasteiger partial charge in [-0.1, -0.05) is 12.2 Å². The van der Waals surface area contributed by atoms with E-state index in [9.17, 15) is 0 Å². The van der Waals surface area contributed by atoms with Crippen LogP contribution in [0.25, 0.3) is 0 Å². The van der Waals surface area contributed by atoms with Crippen LogP contribution in [0.1, 0.15) is 17.7 Å². The summed E-state index contributed by atoms with van der Waals surface area (Å²) in [6.45, 7) is 0. The molecular formula is C6H9ClN2S. The fraction of sp³-hybridized carbons (Fsp3) is 0.500. The summed E-state index contributed by atoms with van der Waals surface area (Å²) in [5.74, 6) is 0. The Balaban J connectivity index is 0.000000500. The van der Waals surface area contributed by atoms with Crippen molar-refractivity contribution in [3.05, 3.63) is 15.9 Å². The lowest BCUT2D eigenvalue weighted by molar-refractivity contribution is 0.861. The standard InChI is InChI=1S/C6H8N2S.ClH/c9-6-4-2-1-3-5(4)7-8-6;/h1-3H2,(H2,7,8,9);1H. The van der Waals surface area contributed by atoms with Crippen LogP contribution in [0.5, 0.6) is 0 Å². The number of fused-ring (bicyclic) bond motifs is 1. The number of aryl methyl sites for hydroxylation is 1. The second kappa shape index (κ2) is 2.76. The van der Waals surface area contributed by atoms with Crippen molar-refractivity contribution in [3.8, 4) is 0 Å². The van der Waals surface area contributed by atoms with Crippen molar-refractivity contribution in [3.63, 3.8) is 0 Å². The zero-order valence-corrected chi connectivity index (χ0v) is 7.07. The van der Waals surface area contributed by atoms with Crippen molar-refractivity contribution in [2.75, 3.05) is 0 Å². The van der Waals surface area contributed by atoms with Crippen molar-refractivity contribution in [2.45, 2.75) is 19.3 Å².